The van der Waals surface area contributed by atoms with Crippen molar-refractivity contribution in [3.8, 4) is 17.6 Å². The average molecular weight is 304 g/mol. The van der Waals surface area contributed by atoms with E-state index in [9.17, 15) is 0 Å². The zero-order chi connectivity index (χ0) is 15.9. The summed E-state index contributed by atoms with van der Waals surface area (Å²) < 4.78 is 5.29. The molecule has 0 bridgehead atoms. The number of ether oxygens (including phenoxy) is 1. The molecule has 0 saturated heterocycles. The molecule has 118 valence electrons. The molecule has 1 fully saturated rings. The van der Waals surface area contributed by atoms with Gasteiger partial charge in [0, 0.05) is 11.5 Å². The maximum absolute atomic E-state index is 5.29. The molecule has 1 heteroatoms. The van der Waals surface area contributed by atoms with Crippen molar-refractivity contribution in [2.45, 2.75) is 38.0 Å². The predicted octanol–water partition coefficient (Wildman–Crippen LogP) is 5.41. The molecule has 0 unspecified atom stereocenters. The number of methoxy groups -OCH3 is 1. The Labute approximate surface area is 139 Å². The molecule has 0 N–H and O–H groups in total. The highest BCUT2D eigenvalue weighted by Crippen LogP contribution is 2.36. The van der Waals surface area contributed by atoms with Gasteiger partial charge >= 0.3 is 0 Å². The maximum atomic E-state index is 5.29. The first-order valence-electron chi connectivity index (χ1n) is 8.57. The summed E-state index contributed by atoms with van der Waals surface area (Å²) in [6, 6.07) is 18.8. The van der Waals surface area contributed by atoms with E-state index in [1.54, 1.807) is 7.11 Å². The van der Waals surface area contributed by atoms with Crippen molar-refractivity contribution in [3.63, 3.8) is 0 Å². The van der Waals surface area contributed by atoms with Crippen molar-refractivity contribution < 1.29 is 4.74 Å². The van der Waals surface area contributed by atoms with Gasteiger partial charge in [-0.15, -0.1) is 0 Å². The zero-order valence-corrected chi connectivity index (χ0v) is 13.8. The van der Waals surface area contributed by atoms with Crippen LogP contribution in [0.5, 0.6) is 5.75 Å². The summed E-state index contributed by atoms with van der Waals surface area (Å²) in [7, 11) is 1.71. The summed E-state index contributed by atoms with van der Waals surface area (Å²) in [5.74, 6) is 8.86. The van der Waals surface area contributed by atoms with E-state index in [0.717, 1.165) is 11.3 Å². The van der Waals surface area contributed by atoms with E-state index in [1.807, 2.05) is 18.2 Å². The number of hydrogen-bond donors (Lipinski definition) is 0. The van der Waals surface area contributed by atoms with Crippen LogP contribution in [0.2, 0.25) is 0 Å². The van der Waals surface area contributed by atoms with E-state index in [0.29, 0.717) is 11.8 Å². The Morgan fingerprint density at radius 3 is 2.26 bits per heavy atom. The molecular weight excluding hydrogens is 280 g/mol. The number of rotatable bonds is 3. The van der Waals surface area contributed by atoms with Gasteiger partial charge in [-0.1, -0.05) is 61.4 Å². The molecule has 2 aromatic carbocycles. The average Bonchev–Trinajstić information content (AvgIpc) is 2.64. The topological polar surface area (TPSA) is 9.23 Å². The third-order valence-electron chi connectivity index (χ3n) is 4.74. The SMILES string of the molecule is COc1ccc([C@@H](C#Cc2ccccc2)C2CCCCC2)cc1. The van der Waals surface area contributed by atoms with Gasteiger partial charge in [0.1, 0.15) is 5.75 Å². The highest BCUT2D eigenvalue weighted by Gasteiger charge is 2.23. The molecule has 1 aliphatic rings. The molecule has 0 heterocycles. The second-order valence-electron chi connectivity index (χ2n) is 6.28. The first kappa shape index (κ1) is 15.7. The Kier molecular flexibility index (Phi) is 5.37. The van der Waals surface area contributed by atoms with E-state index >= 15 is 0 Å². The third kappa shape index (κ3) is 4.17. The fourth-order valence-corrected chi connectivity index (χ4v) is 3.43. The van der Waals surface area contributed by atoms with Crippen LogP contribution >= 0.6 is 0 Å². The Morgan fingerprint density at radius 1 is 0.913 bits per heavy atom. The van der Waals surface area contributed by atoms with Crippen LogP contribution in [0.25, 0.3) is 0 Å². The molecule has 0 radical (unpaired) electrons. The Bertz CT molecular complexity index is 655. The van der Waals surface area contributed by atoms with Gasteiger partial charge in [-0.05, 0) is 48.6 Å². The van der Waals surface area contributed by atoms with Gasteiger partial charge in [-0.3, -0.25) is 0 Å². The van der Waals surface area contributed by atoms with Crippen LogP contribution in [0.3, 0.4) is 0 Å². The van der Waals surface area contributed by atoms with E-state index < -0.39 is 0 Å². The van der Waals surface area contributed by atoms with Crippen LogP contribution in [-0.4, -0.2) is 7.11 Å². The van der Waals surface area contributed by atoms with Crippen LogP contribution in [0.4, 0.5) is 0 Å². The smallest absolute Gasteiger partial charge is 0.118 e. The normalized spacial score (nSPS) is 16.2. The van der Waals surface area contributed by atoms with Crippen molar-refractivity contribution in [2.24, 2.45) is 5.92 Å². The van der Waals surface area contributed by atoms with E-state index in [2.05, 4.69) is 48.2 Å². The molecule has 1 atom stereocenters. The first-order chi connectivity index (χ1) is 11.4. The number of benzene rings is 2. The second kappa shape index (κ2) is 7.88. The molecule has 1 nitrogen and oxygen atoms in total. The highest BCUT2D eigenvalue weighted by molar-refractivity contribution is 5.39. The lowest BCUT2D eigenvalue weighted by molar-refractivity contribution is 0.337. The molecule has 2 aromatic rings. The molecule has 1 aliphatic carbocycles. The molecule has 0 amide bonds. The molecule has 3 rings (SSSR count). The van der Waals surface area contributed by atoms with E-state index in [1.165, 1.54) is 37.7 Å². The van der Waals surface area contributed by atoms with Crippen molar-refractivity contribution in [1.82, 2.24) is 0 Å². The van der Waals surface area contributed by atoms with Gasteiger partial charge in [0.25, 0.3) is 0 Å². The highest BCUT2D eigenvalue weighted by atomic mass is 16.5. The Balaban J connectivity index is 1.88. The lowest BCUT2D eigenvalue weighted by atomic mass is 9.77. The van der Waals surface area contributed by atoms with Crippen LogP contribution in [-0.2, 0) is 0 Å². The summed E-state index contributed by atoms with van der Waals surface area (Å²) in [6.07, 6.45) is 6.63. The molecule has 0 spiro atoms. The van der Waals surface area contributed by atoms with Crippen molar-refractivity contribution in [2.75, 3.05) is 7.11 Å². The van der Waals surface area contributed by atoms with Crippen LogP contribution < -0.4 is 4.74 Å². The van der Waals surface area contributed by atoms with Crippen molar-refractivity contribution >= 4 is 0 Å². The van der Waals surface area contributed by atoms with E-state index in [-0.39, 0.29) is 0 Å². The predicted molar refractivity (Wildman–Crippen MR) is 95.6 cm³/mol. The van der Waals surface area contributed by atoms with Crippen molar-refractivity contribution in [3.05, 3.63) is 65.7 Å². The van der Waals surface area contributed by atoms with Gasteiger partial charge in [-0.2, -0.15) is 0 Å². The van der Waals surface area contributed by atoms with Gasteiger partial charge in [0.2, 0.25) is 0 Å². The third-order valence-corrected chi connectivity index (χ3v) is 4.74. The molecule has 0 aliphatic heterocycles. The summed E-state index contributed by atoms with van der Waals surface area (Å²) in [4.78, 5) is 0. The van der Waals surface area contributed by atoms with Crippen LogP contribution in [0, 0.1) is 17.8 Å². The summed E-state index contributed by atoms with van der Waals surface area (Å²) in [5, 5.41) is 0. The van der Waals surface area contributed by atoms with Crippen LogP contribution in [0.1, 0.15) is 49.1 Å². The summed E-state index contributed by atoms with van der Waals surface area (Å²) >= 11 is 0. The van der Waals surface area contributed by atoms with Gasteiger partial charge in [0.15, 0.2) is 0 Å². The lowest BCUT2D eigenvalue weighted by Crippen LogP contribution is -2.15. The maximum Gasteiger partial charge on any atom is 0.118 e. The first-order valence-corrected chi connectivity index (χ1v) is 8.57. The summed E-state index contributed by atoms with van der Waals surface area (Å²) in [6.45, 7) is 0. The Hall–Kier alpha value is -2.20. The van der Waals surface area contributed by atoms with Crippen LogP contribution in [0.15, 0.2) is 54.6 Å². The second-order valence-corrected chi connectivity index (χ2v) is 6.28. The fraction of sp³-hybridized carbons (Fsp3) is 0.364. The summed E-state index contributed by atoms with van der Waals surface area (Å²) in [5.41, 5.74) is 2.42. The molecule has 1 saturated carbocycles. The van der Waals surface area contributed by atoms with Gasteiger partial charge in [-0.25, -0.2) is 0 Å². The largest absolute Gasteiger partial charge is 0.497 e. The Morgan fingerprint density at radius 2 is 1.61 bits per heavy atom. The lowest BCUT2D eigenvalue weighted by Gasteiger charge is -2.27. The van der Waals surface area contributed by atoms with Crippen molar-refractivity contribution in [1.29, 1.82) is 0 Å². The minimum atomic E-state index is 0.321. The molecule has 23 heavy (non-hydrogen) atoms. The molecule has 0 aromatic heterocycles. The number of hydrogen-bond acceptors (Lipinski definition) is 1. The molecular formula is C22H24O. The minimum Gasteiger partial charge on any atom is -0.497 e. The monoisotopic (exact) mass is 304 g/mol. The van der Waals surface area contributed by atoms with E-state index in [4.69, 9.17) is 4.74 Å². The minimum absolute atomic E-state index is 0.321. The van der Waals surface area contributed by atoms with Gasteiger partial charge in [0.05, 0.1) is 7.11 Å². The quantitative estimate of drug-likeness (QED) is 0.689. The fourth-order valence-electron chi connectivity index (χ4n) is 3.43. The van der Waals surface area contributed by atoms with Gasteiger partial charge < -0.3 is 4.74 Å². The zero-order valence-electron chi connectivity index (χ0n) is 13.8. The standard InChI is InChI=1S/C22H24O/c1-23-21-15-13-20(14-16-21)22(19-10-6-3-7-11-19)17-12-18-8-4-2-5-9-18/h2,4-5,8-9,13-16,19,22H,3,6-7,10-11H2,1H3/t22-/m0/s1.